The van der Waals surface area contributed by atoms with Gasteiger partial charge < -0.3 is 4.52 Å². The number of nitro groups is 1. The molecule has 3 rings (SSSR count). The van der Waals surface area contributed by atoms with Crippen LogP contribution in [0.25, 0.3) is 0 Å². The van der Waals surface area contributed by atoms with Crippen molar-refractivity contribution in [3.8, 4) is 5.75 Å². The van der Waals surface area contributed by atoms with Gasteiger partial charge in [-0.15, -0.1) is 0 Å². The van der Waals surface area contributed by atoms with E-state index in [2.05, 4.69) is 0 Å². The number of hydrogen-bond acceptors (Lipinski definition) is 3. The van der Waals surface area contributed by atoms with Gasteiger partial charge in [-0.25, -0.2) is 0 Å². The summed E-state index contributed by atoms with van der Waals surface area (Å²) >= 11 is 11.9. The van der Waals surface area contributed by atoms with E-state index < -0.39 is 13.1 Å². The molecule has 3 aromatic rings. The maximum Gasteiger partial charge on any atom is 0.273 e. The lowest BCUT2D eigenvalue weighted by molar-refractivity contribution is -0.384. The Kier molecular flexibility index (Phi) is 5.54. The third-order valence-electron chi connectivity index (χ3n) is 3.35. The Labute approximate surface area is 156 Å². The van der Waals surface area contributed by atoms with E-state index in [1.807, 2.05) is 24.3 Å². The van der Waals surface area contributed by atoms with E-state index in [4.69, 9.17) is 27.7 Å². The first-order valence-corrected chi connectivity index (χ1v) is 9.28. The monoisotopic (exact) mass is 391 g/mol. The molecule has 0 fully saturated rings. The van der Waals surface area contributed by atoms with E-state index in [1.165, 1.54) is 12.1 Å². The Balaban J connectivity index is 1.99. The van der Waals surface area contributed by atoms with Crippen molar-refractivity contribution in [3.63, 3.8) is 0 Å². The van der Waals surface area contributed by atoms with Crippen molar-refractivity contribution < 1.29 is 9.45 Å². The number of non-ortho nitro benzene ring substituents is 1. The van der Waals surface area contributed by atoms with E-state index in [0.717, 1.165) is 10.6 Å². The lowest BCUT2D eigenvalue weighted by atomic mass is 10.3. The molecule has 7 heteroatoms. The van der Waals surface area contributed by atoms with Crippen LogP contribution in [-0.4, -0.2) is 4.92 Å². The van der Waals surface area contributed by atoms with E-state index in [1.54, 1.807) is 36.4 Å². The van der Waals surface area contributed by atoms with Gasteiger partial charge in [-0.05, 0) is 54.6 Å². The molecule has 0 aromatic heterocycles. The molecule has 3 aromatic carbocycles. The van der Waals surface area contributed by atoms with Crippen LogP contribution in [0.5, 0.6) is 5.75 Å². The molecule has 0 unspecified atom stereocenters. The van der Waals surface area contributed by atoms with Crippen molar-refractivity contribution in [2.45, 2.75) is 0 Å². The van der Waals surface area contributed by atoms with Gasteiger partial charge >= 0.3 is 0 Å². The minimum absolute atomic E-state index is 0.0142. The van der Waals surface area contributed by atoms with Crippen LogP contribution in [0.4, 0.5) is 5.69 Å². The minimum Gasteiger partial charge on any atom is -0.464 e. The zero-order valence-corrected chi connectivity index (χ0v) is 15.2. The third kappa shape index (κ3) is 4.49. The van der Waals surface area contributed by atoms with Crippen LogP contribution in [0.1, 0.15) is 0 Å². The van der Waals surface area contributed by atoms with Gasteiger partial charge in [-0.3, -0.25) is 10.1 Å². The molecule has 0 bridgehead atoms. The van der Waals surface area contributed by atoms with Gasteiger partial charge in [0, 0.05) is 26.7 Å². The zero-order chi connectivity index (χ0) is 17.8. The number of rotatable bonds is 5. The molecule has 0 aliphatic carbocycles. The van der Waals surface area contributed by atoms with Crippen molar-refractivity contribution in [3.05, 3.63) is 93.0 Å². The number of hydrogen-bond donors (Lipinski definition) is 0. The van der Waals surface area contributed by atoms with E-state index in [9.17, 15) is 10.1 Å². The van der Waals surface area contributed by atoms with Gasteiger partial charge in [0.1, 0.15) is 5.75 Å². The molecule has 0 amide bonds. The number of nitrogens with zero attached hydrogens (tertiary/aromatic N) is 1. The van der Waals surface area contributed by atoms with E-state index in [-0.39, 0.29) is 5.69 Å². The third-order valence-corrected chi connectivity index (χ3v) is 5.78. The summed E-state index contributed by atoms with van der Waals surface area (Å²) in [5.41, 5.74) is -0.0142. The van der Waals surface area contributed by atoms with Crippen LogP contribution >= 0.6 is 31.4 Å². The van der Waals surface area contributed by atoms with Crippen molar-refractivity contribution in [1.29, 1.82) is 0 Å². The highest BCUT2D eigenvalue weighted by molar-refractivity contribution is 7.68. The average molecular weight is 392 g/mol. The molecule has 0 saturated carbocycles. The van der Waals surface area contributed by atoms with Crippen molar-refractivity contribution in [2.24, 2.45) is 0 Å². The zero-order valence-electron chi connectivity index (χ0n) is 12.8. The molecule has 25 heavy (non-hydrogen) atoms. The molecular weight excluding hydrogens is 380 g/mol. The quantitative estimate of drug-likeness (QED) is 0.335. The summed E-state index contributed by atoms with van der Waals surface area (Å²) in [5.74, 6) is 0.435. The second kappa shape index (κ2) is 7.83. The lowest BCUT2D eigenvalue weighted by Gasteiger charge is -2.19. The maximum absolute atomic E-state index is 11.0. The lowest BCUT2D eigenvalue weighted by Crippen LogP contribution is -2.15. The van der Waals surface area contributed by atoms with Crippen molar-refractivity contribution in [2.75, 3.05) is 0 Å². The summed E-state index contributed by atoms with van der Waals surface area (Å²) in [6.45, 7) is 0. The Morgan fingerprint density at radius 2 is 1.36 bits per heavy atom. The summed E-state index contributed by atoms with van der Waals surface area (Å²) in [7, 11) is -1.22. The molecule has 0 atom stereocenters. The van der Waals surface area contributed by atoms with E-state index >= 15 is 0 Å². The van der Waals surface area contributed by atoms with Gasteiger partial charge in [0.15, 0.2) is 8.15 Å². The van der Waals surface area contributed by atoms with Crippen LogP contribution in [0.2, 0.25) is 10.0 Å². The van der Waals surface area contributed by atoms with Crippen LogP contribution < -0.4 is 15.1 Å². The van der Waals surface area contributed by atoms with Crippen molar-refractivity contribution >= 4 is 47.6 Å². The van der Waals surface area contributed by atoms with E-state index in [0.29, 0.717) is 15.8 Å². The molecule has 0 aliphatic rings. The molecule has 0 aliphatic heterocycles. The Morgan fingerprint density at radius 1 is 0.840 bits per heavy atom. The fourth-order valence-electron chi connectivity index (χ4n) is 2.17. The Hall–Kier alpha value is -2.13. The number of nitro benzene ring substituents is 1. The molecule has 0 spiro atoms. The number of benzene rings is 3. The molecule has 4 nitrogen and oxygen atoms in total. The summed E-state index contributed by atoms with van der Waals surface area (Å²) < 4.78 is 6.13. The first-order valence-electron chi connectivity index (χ1n) is 7.26. The highest BCUT2D eigenvalue weighted by Crippen LogP contribution is 2.38. The highest BCUT2D eigenvalue weighted by atomic mass is 35.5. The maximum atomic E-state index is 11.0. The van der Waals surface area contributed by atoms with Gasteiger partial charge in [0.25, 0.3) is 5.69 Å². The first-order chi connectivity index (χ1) is 12.0. The summed E-state index contributed by atoms with van der Waals surface area (Å²) in [6.07, 6.45) is 0. The fraction of sp³-hybridized carbons (Fsp3) is 0. The summed E-state index contributed by atoms with van der Waals surface area (Å²) in [5, 5.41) is 14.1. The molecule has 0 heterocycles. The second-order valence-corrected chi connectivity index (χ2v) is 7.77. The molecular formula is C18H12Cl2NO3P. The number of halogens is 2. The van der Waals surface area contributed by atoms with Gasteiger partial charge in [-0.2, -0.15) is 0 Å². The van der Waals surface area contributed by atoms with Crippen LogP contribution in [0.15, 0.2) is 72.8 Å². The average Bonchev–Trinajstić information content (AvgIpc) is 2.62. The normalized spacial score (nSPS) is 10.7. The Morgan fingerprint density at radius 3 is 1.84 bits per heavy atom. The molecule has 0 saturated heterocycles. The first kappa shape index (κ1) is 17.7. The molecule has 126 valence electrons. The predicted octanol–water partition coefficient (Wildman–Crippen LogP) is 5.33. The van der Waals surface area contributed by atoms with Gasteiger partial charge in [-0.1, -0.05) is 29.3 Å². The Bertz CT molecular complexity index is 840. The fourth-order valence-corrected chi connectivity index (χ4v) is 4.09. The van der Waals surface area contributed by atoms with Crippen LogP contribution in [0, 0.1) is 10.1 Å². The predicted molar refractivity (Wildman–Crippen MR) is 103 cm³/mol. The SMILES string of the molecule is O=[N+]([O-])c1cccc(OP(c2ccc(Cl)cc2)c2ccc(Cl)cc2)c1. The highest BCUT2D eigenvalue weighted by Gasteiger charge is 2.18. The second-order valence-electron chi connectivity index (χ2n) is 5.09. The smallest absolute Gasteiger partial charge is 0.273 e. The largest absolute Gasteiger partial charge is 0.464 e. The van der Waals surface area contributed by atoms with Crippen molar-refractivity contribution in [1.82, 2.24) is 0 Å². The van der Waals surface area contributed by atoms with Gasteiger partial charge in [0.05, 0.1) is 11.0 Å². The molecule has 0 radical (unpaired) electrons. The topological polar surface area (TPSA) is 52.4 Å². The summed E-state index contributed by atoms with van der Waals surface area (Å²) in [6, 6.07) is 20.9. The standard InChI is InChI=1S/C18H12Cl2NO3P/c19-13-4-8-17(9-5-13)25(18-10-6-14(20)7-11-18)24-16-3-1-2-15(12-16)21(22)23/h1-12H. The van der Waals surface area contributed by atoms with Crippen LogP contribution in [-0.2, 0) is 0 Å². The minimum atomic E-state index is -1.22. The molecule has 0 N–H and O–H groups in total. The van der Waals surface area contributed by atoms with Crippen LogP contribution in [0.3, 0.4) is 0 Å². The summed E-state index contributed by atoms with van der Waals surface area (Å²) in [4.78, 5) is 10.5. The van der Waals surface area contributed by atoms with Gasteiger partial charge in [0.2, 0.25) is 0 Å².